The van der Waals surface area contributed by atoms with E-state index < -0.39 is 0 Å². The van der Waals surface area contributed by atoms with E-state index in [4.69, 9.17) is 22.1 Å². The lowest BCUT2D eigenvalue weighted by molar-refractivity contribution is 0.0870. The normalized spacial score (nSPS) is 14.5. The van der Waals surface area contributed by atoms with Gasteiger partial charge in [-0.1, -0.05) is 60.1 Å². The zero-order chi connectivity index (χ0) is 20.9. The summed E-state index contributed by atoms with van der Waals surface area (Å²) in [7, 11) is 0. The van der Waals surface area contributed by atoms with Gasteiger partial charge < -0.3 is 15.4 Å². The molecule has 1 aromatic heterocycles. The van der Waals surface area contributed by atoms with Crippen LogP contribution in [0.25, 0.3) is 11.3 Å². The van der Waals surface area contributed by atoms with Crippen molar-refractivity contribution in [3.8, 4) is 11.3 Å². The number of carbonyl (C=O) groups is 1. The first-order valence-electron chi connectivity index (χ1n) is 9.94. The van der Waals surface area contributed by atoms with Crippen molar-refractivity contribution in [1.82, 2.24) is 14.9 Å². The minimum absolute atomic E-state index is 0.158. The number of likely N-dealkylation sites (tertiary alicyclic amines) is 1. The van der Waals surface area contributed by atoms with E-state index in [2.05, 4.69) is 22.1 Å². The lowest BCUT2D eigenvalue weighted by Gasteiger charge is -2.31. The Labute approximate surface area is 180 Å². The van der Waals surface area contributed by atoms with E-state index in [9.17, 15) is 4.79 Å². The smallest absolute Gasteiger partial charge is 0.410 e. The maximum atomic E-state index is 12.4. The molecule has 7 heteroatoms. The highest BCUT2D eigenvalue weighted by Crippen LogP contribution is 2.31. The Hall–Kier alpha value is -3.12. The van der Waals surface area contributed by atoms with Gasteiger partial charge in [0, 0.05) is 24.7 Å². The van der Waals surface area contributed by atoms with Crippen LogP contribution in [0.1, 0.15) is 29.9 Å². The number of hydrogen-bond donors (Lipinski definition) is 1. The van der Waals surface area contributed by atoms with Gasteiger partial charge in [-0.2, -0.15) is 0 Å². The zero-order valence-electron chi connectivity index (χ0n) is 16.5. The van der Waals surface area contributed by atoms with Crippen LogP contribution in [0.4, 0.5) is 10.7 Å². The Morgan fingerprint density at radius 1 is 1.07 bits per heavy atom. The summed E-state index contributed by atoms with van der Waals surface area (Å²) < 4.78 is 5.46. The fraction of sp³-hybridized carbons (Fsp3) is 0.261. The summed E-state index contributed by atoms with van der Waals surface area (Å²) in [5, 5.41) is 0.324. The van der Waals surface area contributed by atoms with Crippen molar-refractivity contribution in [2.24, 2.45) is 0 Å². The molecule has 1 aliphatic rings. The summed E-state index contributed by atoms with van der Waals surface area (Å²) in [5.74, 6) is 0.531. The van der Waals surface area contributed by atoms with Gasteiger partial charge in [0.25, 0.3) is 0 Å². The Morgan fingerprint density at radius 2 is 1.83 bits per heavy atom. The molecule has 0 bridgehead atoms. The summed E-state index contributed by atoms with van der Waals surface area (Å²) in [6.45, 7) is 1.65. The van der Waals surface area contributed by atoms with E-state index >= 15 is 0 Å². The van der Waals surface area contributed by atoms with Gasteiger partial charge in [-0.15, -0.1) is 0 Å². The van der Waals surface area contributed by atoms with Crippen molar-refractivity contribution in [2.75, 3.05) is 18.8 Å². The molecule has 2 aromatic carbocycles. The Kier molecular flexibility index (Phi) is 6.14. The highest BCUT2D eigenvalue weighted by Gasteiger charge is 2.25. The molecule has 0 unspecified atom stereocenters. The summed E-state index contributed by atoms with van der Waals surface area (Å²) in [4.78, 5) is 22.4. The van der Waals surface area contributed by atoms with Gasteiger partial charge in [0.15, 0.2) is 0 Å². The fourth-order valence-corrected chi connectivity index (χ4v) is 3.93. The average Bonchev–Trinajstić information content (AvgIpc) is 2.78. The van der Waals surface area contributed by atoms with E-state index in [0.29, 0.717) is 36.5 Å². The molecule has 1 aliphatic heterocycles. The average molecular weight is 423 g/mol. The van der Waals surface area contributed by atoms with Gasteiger partial charge >= 0.3 is 6.09 Å². The summed E-state index contributed by atoms with van der Waals surface area (Å²) in [6, 6.07) is 19.7. The van der Waals surface area contributed by atoms with Crippen LogP contribution >= 0.6 is 11.6 Å². The number of anilines is 1. The molecule has 0 atom stereocenters. The molecule has 30 heavy (non-hydrogen) atoms. The molecule has 6 nitrogen and oxygen atoms in total. The third-order valence-corrected chi connectivity index (χ3v) is 5.52. The second-order valence-electron chi connectivity index (χ2n) is 7.36. The van der Waals surface area contributed by atoms with Crippen LogP contribution in [-0.4, -0.2) is 34.1 Å². The summed E-state index contributed by atoms with van der Waals surface area (Å²) in [6.07, 6.45) is 1.52. The van der Waals surface area contributed by atoms with Crippen molar-refractivity contribution in [3.05, 3.63) is 76.9 Å². The second kappa shape index (κ2) is 9.13. The number of nitrogens with zero attached hydrogens (tertiary/aromatic N) is 3. The highest BCUT2D eigenvalue weighted by molar-refractivity contribution is 6.29. The number of nitrogen functional groups attached to an aromatic ring is 1. The molecule has 154 valence electrons. The summed E-state index contributed by atoms with van der Waals surface area (Å²) in [5.41, 5.74) is 9.59. The maximum absolute atomic E-state index is 12.4. The van der Waals surface area contributed by atoms with E-state index in [1.165, 1.54) is 5.56 Å². The second-order valence-corrected chi connectivity index (χ2v) is 7.75. The third-order valence-electron chi connectivity index (χ3n) is 5.32. The molecule has 2 heterocycles. The van der Waals surface area contributed by atoms with Crippen molar-refractivity contribution in [3.63, 3.8) is 0 Å². The van der Waals surface area contributed by atoms with Crippen LogP contribution in [0, 0.1) is 0 Å². The molecule has 0 radical (unpaired) electrons. The van der Waals surface area contributed by atoms with Crippen LogP contribution < -0.4 is 5.73 Å². The lowest BCUT2D eigenvalue weighted by Crippen LogP contribution is -2.38. The molecule has 1 saturated heterocycles. The van der Waals surface area contributed by atoms with Crippen LogP contribution in [0.5, 0.6) is 0 Å². The number of nitrogens with two attached hydrogens (primary N) is 1. The zero-order valence-corrected chi connectivity index (χ0v) is 17.3. The maximum Gasteiger partial charge on any atom is 0.410 e. The number of piperidine rings is 1. The quantitative estimate of drug-likeness (QED) is 0.605. The number of hydrogen-bond acceptors (Lipinski definition) is 5. The molecule has 1 amide bonds. The first-order valence-corrected chi connectivity index (χ1v) is 10.3. The number of rotatable bonds is 4. The third kappa shape index (κ3) is 4.89. The SMILES string of the molecule is Nc1nc(Cl)cc(-c2cccc(C3CCN(C(=O)OCc4ccccc4)CC3)c2)n1. The minimum atomic E-state index is -0.253. The van der Waals surface area contributed by atoms with E-state index in [1.54, 1.807) is 11.0 Å². The molecule has 2 N–H and O–H groups in total. The van der Waals surface area contributed by atoms with Gasteiger partial charge in [0.1, 0.15) is 11.8 Å². The van der Waals surface area contributed by atoms with Crippen LogP contribution in [0.2, 0.25) is 5.15 Å². The minimum Gasteiger partial charge on any atom is -0.445 e. The van der Waals surface area contributed by atoms with Crippen molar-refractivity contribution in [2.45, 2.75) is 25.4 Å². The van der Waals surface area contributed by atoms with Gasteiger partial charge in [-0.3, -0.25) is 0 Å². The van der Waals surface area contributed by atoms with Crippen LogP contribution in [-0.2, 0) is 11.3 Å². The first-order chi connectivity index (χ1) is 14.6. The standard InChI is InChI=1S/C23H23ClN4O2/c24-21-14-20(26-22(25)27-21)19-8-4-7-18(13-19)17-9-11-28(12-10-17)23(29)30-15-16-5-2-1-3-6-16/h1-8,13-14,17H,9-12,15H2,(H2,25,26,27). The molecule has 3 aromatic rings. The van der Waals surface area contributed by atoms with Gasteiger partial charge in [-0.05, 0) is 36.0 Å². The van der Waals surface area contributed by atoms with Crippen molar-refractivity contribution in [1.29, 1.82) is 0 Å². The fourth-order valence-electron chi connectivity index (χ4n) is 3.74. The summed E-state index contributed by atoms with van der Waals surface area (Å²) >= 11 is 6.02. The number of halogens is 1. The molecule has 0 spiro atoms. The Balaban J connectivity index is 1.36. The molecular weight excluding hydrogens is 400 g/mol. The largest absolute Gasteiger partial charge is 0.445 e. The Bertz CT molecular complexity index is 1000. The van der Waals surface area contributed by atoms with E-state index in [-0.39, 0.29) is 12.0 Å². The molecular formula is C23H23ClN4O2. The molecule has 0 saturated carbocycles. The van der Waals surface area contributed by atoms with Gasteiger partial charge in [0.2, 0.25) is 5.95 Å². The van der Waals surface area contributed by atoms with E-state index in [0.717, 1.165) is 24.0 Å². The predicted molar refractivity (Wildman–Crippen MR) is 117 cm³/mol. The number of amides is 1. The predicted octanol–water partition coefficient (Wildman–Crippen LogP) is 4.90. The van der Waals surface area contributed by atoms with Gasteiger partial charge in [0.05, 0.1) is 5.69 Å². The number of carbonyl (C=O) groups excluding carboxylic acids is 1. The molecule has 4 rings (SSSR count). The topological polar surface area (TPSA) is 81.3 Å². The van der Waals surface area contributed by atoms with Crippen LogP contribution in [0.15, 0.2) is 60.7 Å². The number of benzene rings is 2. The molecule has 0 aliphatic carbocycles. The van der Waals surface area contributed by atoms with Gasteiger partial charge in [-0.25, -0.2) is 14.8 Å². The van der Waals surface area contributed by atoms with Crippen molar-refractivity contribution < 1.29 is 9.53 Å². The Morgan fingerprint density at radius 3 is 2.57 bits per heavy atom. The van der Waals surface area contributed by atoms with Crippen LogP contribution in [0.3, 0.4) is 0 Å². The van der Waals surface area contributed by atoms with E-state index in [1.807, 2.05) is 42.5 Å². The highest BCUT2D eigenvalue weighted by atomic mass is 35.5. The molecule has 1 fully saturated rings. The number of aromatic nitrogens is 2. The number of ether oxygens (including phenoxy) is 1. The monoisotopic (exact) mass is 422 g/mol. The first kappa shape index (κ1) is 20.2. The lowest BCUT2D eigenvalue weighted by atomic mass is 9.88. The van der Waals surface area contributed by atoms with Crippen molar-refractivity contribution >= 4 is 23.6 Å².